The van der Waals surface area contributed by atoms with E-state index in [1.54, 1.807) is 46.8 Å². The Hall–Kier alpha value is -3.44. The third kappa shape index (κ3) is 7.74. The molecule has 0 aliphatic heterocycles. The summed E-state index contributed by atoms with van der Waals surface area (Å²) in [5.41, 5.74) is 0.984. The Bertz CT molecular complexity index is 1900. The molecule has 0 aliphatic carbocycles. The molecule has 0 saturated heterocycles. The number of nitrogens with zero attached hydrogens (tertiary/aromatic N) is 6. The number of aryl methyl sites for hydroxylation is 1. The summed E-state index contributed by atoms with van der Waals surface area (Å²) in [6, 6.07) is 11.8. The molecular weight excluding hydrogens is 672 g/mol. The summed E-state index contributed by atoms with van der Waals surface area (Å²) in [5.74, 6) is 0.402. The topological polar surface area (TPSA) is 148 Å². The third-order valence-corrected chi connectivity index (χ3v) is 12.1. The quantitative estimate of drug-likeness (QED) is 0.170. The van der Waals surface area contributed by atoms with Crippen LogP contribution in [0.1, 0.15) is 11.7 Å². The summed E-state index contributed by atoms with van der Waals surface area (Å²) in [5, 5.41) is 13.6. The average Bonchev–Trinajstić information content (AvgIpc) is 3.60. The maximum atomic E-state index is 14.6. The van der Waals surface area contributed by atoms with Crippen molar-refractivity contribution in [2.75, 3.05) is 44.2 Å². The van der Waals surface area contributed by atoms with Gasteiger partial charge in [0, 0.05) is 51.8 Å². The van der Waals surface area contributed by atoms with Crippen LogP contribution in [0.5, 0.6) is 11.5 Å². The van der Waals surface area contributed by atoms with Crippen LogP contribution in [0.25, 0.3) is 17.2 Å². The van der Waals surface area contributed by atoms with Crippen molar-refractivity contribution in [3.05, 3.63) is 59.2 Å². The van der Waals surface area contributed by atoms with Crippen molar-refractivity contribution in [3.8, 4) is 28.7 Å². The second-order valence-electron chi connectivity index (χ2n) is 11.9. The number of hydrogen-bond donors (Lipinski definition) is 0. The molecule has 0 N–H and O–H groups in total. The maximum Gasteiger partial charge on any atom is 0.246 e. The number of para-hydroxylation sites is 1. The molecule has 0 fully saturated rings. The number of sulfone groups is 1. The maximum absolute atomic E-state index is 14.6. The molecule has 4 aromatic rings. The van der Waals surface area contributed by atoms with Crippen LogP contribution >= 0.6 is 11.6 Å². The first kappa shape index (κ1) is 35.4. The Kier molecular flexibility index (Phi) is 10.6. The van der Waals surface area contributed by atoms with Crippen LogP contribution in [-0.2, 0) is 31.6 Å². The van der Waals surface area contributed by atoms with Gasteiger partial charge in [0.25, 0.3) is 0 Å². The molecule has 250 valence electrons. The highest BCUT2D eigenvalue weighted by molar-refractivity contribution is 7.92. The van der Waals surface area contributed by atoms with Gasteiger partial charge in [-0.3, -0.25) is 9.25 Å². The fourth-order valence-electron chi connectivity index (χ4n) is 4.86. The predicted octanol–water partition coefficient (Wildman–Crippen LogP) is 4.60. The number of methoxy groups -OCH3 is 3. The van der Waals surface area contributed by atoms with Crippen molar-refractivity contribution in [1.82, 2.24) is 24.5 Å². The van der Waals surface area contributed by atoms with Crippen molar-refractivity contribution in [2.45, 2.75) is 36.7 Å². The minimum absolute atomic E-state index is 0.0176. The van der Waals surface area contributed by atoms with Gasteiger partial charge in [0.2, 0.25) is 16.0 Å². The van der Waals surface area contributed by atoms with Crippen molar-refractivity contribution in [2.24, 2.45) is 7.05 Å². The lowest BCUT2D eigenvalue weighted by Gasteiger charge is -2.29. The van der Waals surface area contributed by atoms with Gasteiger partial charge in [0.15, 0.2) is 15.7 Å². The zero-order valence-corrected chi connectivity index (χ0v) is 30.4. The Balaban J connectivity index is 1.97. The summed E-state index contributed by atoms with van der Waals surface area (Å²) >= 11 is 6.12. The highest BCUT2D eigenvalue weighted by Gasteiger charge is 2.36. The first-order valence-electron chi connectivity index (χ1n) is 14.2. The van der Waals surface area contributed by atoms with E-state index in [-0.39, 0.29) is 33.8 Å². The van der Waals surface area contributed by atoms with E-state index in [9.17, 15) is 16.8 Å². The first-order valence-corrected chi connectivity index (χ1v) is 21.8. The second kappa shape index (κ2) is 13.7. The summed E-state index contributed by atoms with van der Waals surface area (Å²) in [6.07, 6.45) is 1.61. The normalized spacial score (nSPS) is 13.1. The van der Waals surface area contributed by atoms with Crippen molar-refractivity contribution in [3.63, 3.8) is 0 Å². The fourth-order valence-corrected chi connectivity index (χ4v) is 8.73. The highest BCUT2D eigenvalue weighted by Crippen LogP contribution is 2.39. The average molecular weight is 711 g/mol. The van der Waals surface area contributed by atoms with E-state index in [2.05, 4.69) is 34.9 Å². The van der Waals surface area contributed by atoms with Gasteiger partial charge in [-0.05, 0) is 36.4 Å². The van der Waals surface area contributed by atoms with Crippen LogP contribution in [0, 0.1) is 0 Å². The van der Waals surface area contributed by atoms with E-state index in [0.29, 0.717) is 28.9 Å². The lowest BCUT2D eigenvalue weighted by atomic mass is 10.1. The van der Waals surface area contributed by atoms with Gasteiger partial charge in [0.1, 0.15) is 22.9 Å². The second-order valence-corrected chi connectivity index (χ2v) is 21.9. The van der Waals surface area contributed by atoms with Gasteiger partial charge in [-0.1, -0.05) is 43.4 Å². The van der Waals surface area contributed by atoms with Crippen LogP contribution < -0.4 is 13.8 Å². The monoisotopic (exact) mass is 710 g/mol. The predicted molar refractivity (Wildman–Crippen MR) is 180 cm³/mol. The molecule has 1 atom stereocenters. The molecule has 2 heterocycles. The number of aromatic nitrogens is 5. The fraction of sp³-hybridized carbons (Fsp3) is 0.414. The molecule has 0 radical (unpaired) electrons. The lowest BCUT2D eigenvalue weighted by molar-refractivity contribution is 0.119. The first-order chi connectivity index (χ1) is 21.5. The summed E-state index contributed by atoms with van der Waals surface area (Å²) in [4.78, 5) is -0.116. The molecule has 0 amide bonds. The minimum Gasteiger partial charge on any atom is -0.494 e. The number of rotatable bonds is 14. The number of hydrogen-bond acceptors (Lipinski definition) is 10. The Morgan fingerprint density at radius 3 is 2.15 bits per heavy atom. The van der Waals surface area contributed by atoms with Gasteiger partial charge in [-0.25, -0.2) is 21.1 Å². The van der Waals surface area contributed by atoms with Gasteiger partial charge in [0.05, 0.1) is 31.0 Å². The van der Waals surface area contributed by atoms with Gasteiger partial charge in [-0.15, -0.1) is 10.2 Å². The van der Waals surface area contributed by atoms with E-state index >= 15 is 0 Å². The van der Waals surface area contributed by atoms with Crippen molar-refractivity contribution in [1.29, 1.82) is 0 Å². The molecule has 13 nitrogen and oxygen atoms in total. The van der Waals surface area contributed by atoms with Crippen LogP contribution in [0.15, 0.2) is 53.6 Å². The molecule has 17 heteroatoms. The Morgan fingerprint density at radius 2 is 1.63 bits per heavy atom. The van der Waals surface area contributed by atoms with Gasteiger partial charge >= 0.3 is 0 Å². The van der Waals surface area contributed by atoms with E-state index < -0.39 is 39.8 Å². The molecule has 46 heavy (non-hydrogen) atoms. The highest BCUT2D eigenvalue weighted by atomic mass is 35.5. The molecule has 2 aromatic heterocycles. The van der Waals surface area contributed by atoms with Crippen LogP contribution in [0.4, 0.5) is 5.95 Å². The van der Waals surface area contributed by atoms with Gasteiger partial charge in [-0.2, -0.15) is 5.10 Å². The Morgan fingerprint density at radius 1 is 0.978 bits per heavy atom. The van der Waals surface area contributed by atoms with E-state index in [4.69, 9.17) is 25.8 Å². The lowest BCUT2D eigenvalue weighted by Crippen LogP contribution is -2.40. The smallest absolute Gasteiger partial charge is 0.246 e. The summed E-state index contributed by atoms with van der Waals surface area (Å²) < 4.78 is 76.0. The molecule has 2 aromatic carbocycles. The molecule has 0 aliphatic rings. The minimum atomic E-state index is -4.29. The van der Waals surface area contributed by atoms with Crippen molar-refractivity contribution < 1.29 is 31.0 Å². The molecule has 0 bridgehead atoms. The molecule has 0 saturated carbocycles. The molecular formula is C29H39ClN6O7S2Si. The SMILES string of the molecule is COc1cccc(OC)c1-n1c(-c2ccn(C)n2)nnc1N(CC[Si](C)(C)C)S(=O)(=O)C[C@@H](OC)c1ccc(Cl)cc1S(C)(=O)=O. The number of ether oxygens (including phenoxy) is 3. The molecule has 0 spiro atoms. The van der Waals surface area contributed by atoms with Crippen molar-refractivity contribution >= 4 is 45.5 Å². The zero-order valence-electron chi connectivity index (χ0n) is 27.1. The standard InChI is InChI=1S/C29H39ClN6O7S2Si/c1-34-15-14-22(33-34)28-31-32-29(36(28)27-23(41-2)10-9-11-24(27)42-3)35(16-17-46(6,7)8)45(39,40)19-25(43-4)21-13-12-20(30)18-26(21)44(5,37)38/h9-15,18,25H,16-17,19H2,1-8H3/t25-/m1/s1. The van der Waals surface area contributed by atoms with E-state index in [1.807, 2.05) is 0 Å². The summed E-state index contributed by atoms with van der Waals surface area (Å²) in [6.45, 7) is 6.48. The number of anilines is 1. The van der Waals surface area contributed by atoms with E-state index in [0.717, 1.165) is 6.26 Å². The van der Waals surface area contributed by atoms with E-state index in [1.165, 1.54) is 43.8 Å². The number of sulfonamides is 1. The van der Waals surface area contributed by atoms with Crippen LogP contribution in [0.2, 0.25) is 30.7 Å². The summed E-state index contributed by atoms with van der Waals surface area (Å²) in [7, 11) is -3.82. The molecule has 0 unspecified atom stereocenters. The van der Waals surface area contributed by atoms with Crippen LogP contribution in [0.3, 0.4) is 0 Å². The largest absolute Gasteiger partial charge is 0.494 e. The molecule has 4 rings (SSSR count). The van der Waals surface area contributed by atoms with Gasteiger partial charge < -0.3 is 14.2 Å². The third-order valence-electron chi connectivity index (χ3n) is 7.21. The zero-order chi connectivity index (χ0) is 34.0. The number of halogens is 1. The van der Waals surface area contributed by atoms with Crippen LogP contribution in [-0.4, -0.2) is 89.3 Å². The Labute approximate surface area is 276 Å². The number of benzene rings is 2.